The topological polar surface area (TPSA) is 56.7 Å². The smallest absolute Gasteiger partial charge is 0.196 e. The molecule has 1 aromatic carbocycles. The molecule has 2 N–H and O–H groups in total. The standard InChI is InChI=1S/C10H9F3N4/c1-2-6-10(14)15-16-17(6)7-4-3-5(11)8(12)9(7)13/h3-4H,2,14H2,1H3. The molecule has 0 aliphatic heterocycles. The van der Waals surface area contributed by atoms with E-state index in [4.69, 9.17) is 5.73 Å². The number of nitrogens with zero attached hydrogens (tertiary/aromatic N) is 3. The Morgan fingerprint density at radius 1 is 1.24 bits per heavy atom. The van der Waals surface area contributed by atoms with Crippen LogP contribution < -0.4 is 5.73 Å². The summed E-state index contributed by atoms with van der Waals surface area (Å²) in [4.78, 5) is 0. The summed E-state index contributed by atoms with van der Waals surface area (Å²) in [5.74, 6) is -3.97. The van der Waals surface area contributed by atoms with Crippen LogP contribution in [-0.2, 0) is 6.42 Å². The van der Waals surface area contributed by atoms with Crippen molar-refractivity contribution in [3.05, 3.63) is 35.3 Å². The van der Waals surface area contributed by atoms with E-state index in [1.54, 1.807) is 6.92 Å². The van der Waals surface area contributed by atoms with E-state index in [1.165, 1.54) is 0 Å². The molecule has 17 heavy (non-hydrogen) atoms. The molecule has 0 unspecified atom stereocenters. The predicted molar refractivity (Wildman–Crippen MR) is 55.0 cm³/mol. The Hall–Kier alpha value is -2.05. The Morgan fingerprint density at radius 2 is 1.94 bits per heavy atom. The summed E-state index contributed by atoms with van der Waals surface area (Å²) in [5, 5.41) is 7.17. The first kappa shape index (κ1) is 11.4. The van der Waals surface area contributed by atoms with Crippen LogP contribution in [0, 0.1) is 17.5 Å². The summed E-state index contributed by atoms with van der Waals surface area (Å²) < 4.78 is 40.4. The van der Waals surface area contributed by atoms with Crippen LogP contribution >= 0.6 is 0 Å². The number of hydrogen-bond donors (Lipinski definition) is 1. The monoisotopic (exact) mass is 242 g/mol. The normalized spacial score (nSPS) is 10.8. The molecule has 0 radical (unpaired) electrons. The van der Waals surface area contributed by atoms with Gasteiger partial charge in [-0.25, -0.2) is 17.9 Å². The predicted octanol–water partition coefficient (Wildman–Crippen LogP) is 1.83. The Balaban J connectivity index is 2.65. The summed E-state index contributed by atoms with van der Waals surface area (Å²) in [5.41, 5.74) is 5.74. The fourth-order valence-corrected chi connectivity index (χ4v) is 1.52. The number of rotatable bonds is 2. The maximum atomic E-state index is 13.5. The first-order valence-electron chi connectivity index (χ1n) is 4.90. The van der Waals surface area contributed by atoms with Crippen LogP contribution in [0.1, 0.15) is 12.6 Å². The molecule has 0 atom stereocenters. The van der Waals surface area contributed by atoms with Crippen molar-refractivity contribution >= 4 is 5.82 Å². The highest BCUT2D eigenvalue weighted by Crippen LogP contribution is 2.21. The van der Waals surface area contributed by atoms with Crippen LogP contribution in [0.25, 0.3) is 5.69 Å². The van der Waals surface area contributed by atoms with Crippen LogP contribution in [0.3, 0.4) is 0 Å². The Labute approximate surface area is 94.9 Å². The number of halogens is 3. The highest BCUT2D eigenvalue weighted by molar-refractivity contribution is 5.42. The zero-order chi connectivity index (χ0) is 12.6. The van der Waals surface area contributed by atoms with E-state index in [1.807, 2.05) is 0 Å². The van der Waals surface area contributed by atoms with Gasteiger partial charge >= 0.3 is 0 Å². The van der Waals surface area contributed by atoms with Crippen molar-refractivity contribution in [3.63, 3.8) is 0 Å². The number of aromatic nitrogens is 3. The van der Waals surface area contributed by atoms with E-state index < -0.39 is 17.5 Å². The van der Waals surface area contributed by atoms with Crippen LogP contribution in [-0.4, -0.2) is 15.0 Å². The van der Waals surface area contributed by atoms with Gasteiger partial charge in [-0.3, -0.25) is 0 Å². The molecule has 0 bridgehead atoms. The number of hydrogen-bond acceptors (Lipinski definition) is 3. The summed E-state index contributed by atoms with van der Waals surface area (Å²) in [6.07, 6.45) is 0.442. The minimum absolute atomic E-state index is 0.136. The van der Waals surface area contributed by atoms with Crippen molar-refractivity contribution in [2.45, 2.75) is 13.3 Å². The molecule has 90 valence electrons. The SMILES string of the molecule is CCc1c(N)nnn1-c1ccc(F)c(F)c1F. The van der Waals surface area contributed by atoms with Gasteiger partial charge in [0.1, 0.15) is 5.69 Å². The van der Waals surface area contributed by atoms with E-state index in [-0.39, 0.29) is 11.5 Å². The third kappa shape index (κ3) is 1.73. The zero-order valence-electron chi connectivity index (χ0n) is 8.91. The van der Waals surface area contributed by atoms with E-state index in [0.717, 1.165) is 16.8 Å². The van der Waals surface area contributed by atoms with Gasteiger partial charge in [-0.05, 0) is 18.6 Å². The molecule has 0 saturated heterocycles. The molecule has 0 aliphatic carbocycles. The minimum atomic E-state index is -1.54. The molecule has 1 aromatic heterocycles. The second-order valence-corrected chi connectivity index (χ2v) is 3.38. The molecular weight excluding hydrogens is 233 g/mol. The Bertz CT molecular complexity index is 565. The van der Waals surface area contributed by atoms with E-state index >= 15 is 0 Å². The van der Waals surface area contributed by atoms with E-state index in [0.29, 0.717) is 12.1 Å². The second-order valence-electron chi connectivity index (χ2n) is 3.38. The largest absolute Gasteiger partial charge is 0.381 e. The number of nitrogen functional groups attached to an aromatic ring is 1. The quantitative estimate of drug-likeness (QED) is 0.817. The molecule has 0 saturated carbocycles. The van der Waals surface area contributed by atoms with Gasteiger partial charge in [0.05, 0.1) is 5.69 Å². The van der Waals surface area contributed by atoms with Crippen LogP contribution in [0.2, 0.25) is 0 Å². The van der Waals surface area contributed by atoms with Crippen molar-refractivity contribution < 1.29 is 13.2 Å². The second kappa shape index (κ2) is 4.08. The van der Waals surface area contributed by atoms with Gasteiger partial charge in [-0.15, -0.1) is 5.10 Å². The van der Waals surface area contributed by atoms with Crippen molar-refractivity contribution in [1.29, 1.82) is 0 Å². The number of nitrogens with two attached hydrogens (primary N) is 1. The molecule has 0 spiro atoms. The molecular formula is C10H9F3N4. The van der Waals surface area contributed by atoms with Gasteiger partial charge in [0.15, 0.2) is 23.3 Å². The van der Waals surface area contributed by atoms with Gasteiger partial charge in [-0.2, -0.15) is 0 Å². The van der Waals surface area contributed by atoms with Crippen LogP contribution in [0.4, 0.5) is 19.0 Å². The van der Waals surface area contributed by atoms with Gasteiger partial charge in [0.25, 0.3) is 0 Å². The van der Waals surface area contributed by atoms with Gasteiger partial charge in [0.2, 0.25) is 0 Å². The first-order chi connectivity index (χ1) is 8.06. The van der Waals surface area contributed by atoms with E-state index in [9.17, 15) is 13.2 Å². The molecule has 7 heteroatoms. The number of anilines is 1. The molecule has 2 aromatic rings. The Morgan fingerprint density at radius 3 is 2.59 bits per heavy atom. The Kier molecular flexibility index (Phi) is 2.74. The minimum Gasteiger partial charge on any atom is -0.381 e. The van der Waals surface area contributed by atoms with Crippen LogP contribution in [0.5, 0.6) is 0 Å². The molecule has 4 nitrogen and oxygen atoms in total. The third-order valence-electron chi connectivity index (χ3n) is 2.37. The fraction of sp³-hybridized carbons (Fsp3) is 0.200. The summed E-state index contributed by atoms with van der Waals surface area (Å²) >= 11 is 0. The summed E-state index contributed by atoms with van der Waals surface area (Å²) in [6, 6.07) is 1.91. The van der Waals surface area contributed by atoms with Crippen LogP contribution in [0.15, 0.2) is 12.1 Å². The van der Waals surface area contributed by atoms with Crippen molar-refractivity contribution in [2.75, 3.05) is 5.73 Å². The lowest BCUT2D eigenvalue weighted by atomic mass is 10.2. The molecule has 1 heterocycles. The maximum absolute atomic E-state index is 13.5. The number of benzene rings is 1. The average Bonchev–Trinajstić information content (AvgIpc) is 2.67. The van der Waals surface area contributed by atoms with E-state index in [2.05, 4.69) is 10.3 Å². The van der Waals surface area contributed by atoms with Crippen molar-refractivity contribution in [1.82, 2.24) is 15.0 Å². The average molecular weight is 242 g/mol. The molecule has 0 fully saturated rings. The lowest BCUT2D eigenvalue weighted by Gasteiger charge is -2.06. The lowest BCUT2D eigenvalue weighted by molar-refractivity contribution is 0.442. The highest BCUT2D eigenvalue weighted by Gasteiger charge is 2.18. The van der Waals surface area contributed by atoms with Crippen molar-refractivity contribution in [3.8, 4) is 5.69 Å². The van der Waals surface area contributed by atoms with Gasteiger partial charge in [0, 0.05) is 0 Å². The summed E-state index contributed by atoms with van der Waals surface area (Å²) in [7, 11) is 0. The molecule has 0 aliphatic rings. The van der Waals surface area contributed by atoms with Gasteiger partial charge in [-0.1, -0.05) is 12.1 Å². The molecule has 0 amide bonds. The third-order valence-corrected chi connectivity index (χ3v) is 2.37. The van der Waals surface area contributed by atoms with Gasteiger partial charge < -0.3 is 5.73 Å². The first-order valence-corrected chi connectivity index (χ1v) is 4.90. The molecule has 2 rings (SSSR count). The zero-order valence-corrected chi connectivity index (χ0v) is 8.91. The lowest BCUT2D eigenvalue weighted by Crippen LogP contribution is -2.07. The maximum Gasteiger partial charge on any atom is 0.196 e. The fourth-order valence-electron chi connectivity index (χ4n) is 1.52. The highest BCUT2D eigenvalue weighted by atomic mass is 19.2. The van der Waals surface area contributed by atoms with Crippen molar-refractivity contribution in [2.24, 2.45) is 0 Å². The summed E-state index contributed by atoms with van der Waals surface area (Å²) in [6.45, 7) is 1.77.